The summed E-state index contributed by atoms with van der Waals surface area (Å²) in [6.07, 6.45) is 5.98. The van der Waals surface area contributed by atoms with Gasteiger partial charge in [-0.3, -0.25) is 0 Å². The summed E-state index contributed by atoms with van der Waals surface area (Å²) in [5.41, 5.74) is 0.131. The van der Waals surface area contributed by atoms with Gasteiger partial charge in [-0.1, -0.05) is 40.0 Å². The van der Waals surface area contributed by atoms with Crippen molar-refractivity contribution in [1.82, 2.24) is 9.97 Å². The number of unbranched alkanes of at least 4 members (excludes halogenated alkanes) is 2. The van der Waals surface area contributed by atoms with E-state index in [2.05, 4.69) is 41.4 Å². The van der Waals surface area contributed by atoms with Gasteiger partial charge in [-0.2, -0.15) is 4.98 Å². The Morgan fingerprint density at radius 2 is 2.05 bits per heavy atom. The SMILES string of the molecule is CCCCCC(C)(C)CNc1nc(NC)ncc1F. The van der Waals surface area contributed by atoms with Crippen molar-refractivity contribution in [2.45, 2.75) is 46.5 Å². The molecule has 0 aromatic carbocycles. The van der Waals surface area contributed by atoms with Crippen LogP contribution in [0.15, 0.2) is 6.20 Å². The van der Waals surface area contributed by atoms with Crippen molar-refractivity contribution in [3.05, 3.63) is 12.0 Å². The maximum Gasteiger partial charge on any atom is 0.224 e. The molecule has 1 heterocycles. The Kier molecular flexibility index (Phi) is 5.99. The number of hydrogen-bond donors (Lipinski definition) is 2. The summed E-state index contributed by atoms with van der Waals surface area (Å²) in [5, 5.41) is 5.89. The predicted octanol–water partition coefficient (Wildman–Crippen LogP) is 3.68. The number of nitrogens with one attached hydrogen (secondary N) is 2. The van der Waals surface area contributed by atoms with Gasteiger partial charge in [0.15, 0.2) is 11.6 Å². The summed E-state index contributed by atoms with van der Waals surface area (Å²) < 4.78 is 13.6. The van der Waals surface area contributed by atoms with Crippen LogP contribution >= 0.6 is 0 Å². The van der Waals surface area contributed by atoms with Gasteiger partial charge in [-0.25, -0.2) is 9.37 Å². The van der Waals surface area contributed by atoms with Crippen molar-refractivity contribution in [1.29, 1.82) is 0 Å². The Bertz CT molecular complexity index is 393. The van der Waals surface area contributed by atoms with Crippen LogP contribution < -0.4 is 10.6 Å². The van der Waals surface area contributed by atoms with Crippen LogP contribution in [-0.2, 0) is 0 Å². The van der Waals surface area contributed by atoms with E-state index in [9.17, 15) is 4.39 Å². The molecule has 0 amide bonds. The zero-order valence-corrected chi connectivity index (χ0v) is 12.4. The van der Waals surface area contributed by atoms with Gasteiger partial charge in [0.05, 0.1) is 6.20 Å². The molecule has 0 aliphatic carbocycles. The molecule has 0 atom stereocenters. The first-order valence-corrected chi connectivity index (χ1v) is 6.92. The summed E-state index contributed by atoms with van der Waals surface area (Å²) in [6.45, 7) is 7.27. The normalized spacial score (nSPS) is 11.4. The van der Waals surface area contributed by atoms with Gasteiger partial charge in [-0.05, 0) is 11.8 Å². The monoisotopic (exact) mass is 268 g/mol. The summed E-state index contributed by atoms with van der Waals surface area (Å²) in [4.78, 5) is 7.91. The average Bonchev–Trinajstić information content (AvgIpc) is 2.38. The fraction of sp³-hybridized carbons (Fsp3) is 0.714. The highest BCUT2D eigenvalue weighted by atomic mass is 19.1. The Balaban J connectivity index is 2.55. The standard InChI is InChI=1S/C14H25FN4/c1-5-6-7-8-14(2,3)10-18-12-11(15)9-17-13(16-4)19-12/h9H,5-8,10H2,1-4H3,(H2,16,17,18,19). The number of aromatic nitrogens is 2. The second kappa shape index (κ2) is 7.26. The summed E-state index contributed by atoms with van der Waals surface area (Å²) in [7, 11) is 1.71. The Morgan fingerprint density at radius 3 is 2.68 bits per heavy atom. The third-order valence-corrected chi connectivity index (χ3v) is 3.16. The minimum atomic E-state index is -0.414. The third-order valence-electron chi connectivity index (χ3n) is 3.16. The molecule has 0 saturated carbocycles. The number of halogens is 1. The van der Waals surface area contributed by atoms with Crippen LogP contribution in [0, 0.1) is 11.2 Å². The zero-order chi connectivity index (χ0) is 14.3. The highest BCUT2D eigenvalue weighted by Crippen LogP contribution is 2.24. The van der Waals surface area contributed by atoms with Crippen molar-refractivity contribution in [3.8, 4) is 0 Å². The van der Waals surface area contributed by atoms with Gasteiger partial charge in [0, 0.05) is 13.6 Å². The fourth-order valence-electron chi connectivity index (χ4n) is 1.88. The van der Waals surface area contributed by atoms with E-state index in [1.165, 1.54) is 25.5 Å². The van der Waals surface area contributed by atoms with Crippen LogP contribution in [0.2, 0.25) is 0 Å². The third kappa shape index (κ3) is 5.41. The van der Waals surface area contributed by atoms with Gasteiger partial charge < -0.3 is 10.6 Å². The van der Waals surface area contributed by atoms with E-state index in [4.69, 9.17) is 0 Å². The van der Waals surface area contributed by atoms with Crippen LogP contribution in [0.1, 0.15) is 46.5 Å². The van der Waals surface area contributed by atoms with E-state index in [1.54, 1.807) is 7.05 Å². The van der Waals surface area contributed by atoms with Crippen LogP contribution in [0.25, 0.3) is 0 Å². The largest absolute Gasteiger partial charge is 0.367 e. The van der Waals surface area contributed by atoms with E-state index in [0.29, 0.717) is 12.5 Å². The molecule has 1 rings (SSSR count). The molecule has 0 unspecified atom stereocenters. The molecule has 0 aliphatic rings. The first kappa shape index (κ1) is 15.7. The van der Waals surface area contributed by atoms with Gasteiger partial charge in [-0.15, -0.1) is 0 Å². The second-order valence-electron chi connectivity index (χ2n) is 5.62. The molecule has 0 spiro atoms. The van der Waals surface area contributed by atoms with Crippen molar-refractivity contribution >= 4 is 11.8 Å². The van der Waals surface area contributed by atoms with E-state index in [1.807, 2.05) is 0 Å². The van der Waals surface area contributed by atoms with Crippen molar-refractivity contribution in [2.75, 3.05) is 24.2 Å². The van der Waals surface area contributed by atoms with E-state index >= 15 is 0 Å². The van der Waals surface area contributed by atoms with E-state index in [0.717, 1.165) is 6.42 Å². The molecule has 0 aliphatic heterocycles. The topological polar surface area (TPSA) is 49.8 Å². The molecule has 0 saturated heterocycles. The molecule has 108 valence electrons. The molecule has 1 aromatic heterocycles. The minimum absolute atomic E-state index is 0.131. The van der Waals surface area contributed by atoms with Gasteiger partial charge in [0.1, 0.15) is 0 Å². The van der Waals surface area contributed by atoms with Crippen molar-refractivity contribution < 1.29 is 4.39 Å². The smallest absolute Gasteiger partial charge is 0.224 e. The maximum atomic E-state index is 13.6. The Morgan fingerprint density at radius 1 is 1.32 bits per heavy atom. The van der Waals surface area contributed by atoms with E-state index in [-0.39, 0.29) is 11.2 Å². The zero-order valence-electron chi connectivity index (χ0n) is 12.4. The van der Waals surface area contributed by atoms with Crippen molar-refractivity contribution in [2.24, 2.45) is 5.41 Å². The highest BCUT2D eigenvalue weighted by Gasteiger charge is 2.18. The van der Waals surface area contributed by atoms with E-state index < -0.39 is 5.82 Å². The molecule has 2 N–H and O–H groups in total. The molecular formula is C14H25FN4. The average molecular weight is 268 g/mol. The molecule has 0 fully saturated rings. The second-order valence-corrected chi connectivity index (χ2v) is 5.62. The maximum absolute atomic E-state index is 13.6. The summed E-state index contributed by atoms with van der Waals surface area (Å²) >= 11 is 0. The lowest BCUT2D eigenvalue weighted by Crippen LogP contribution is -2.24. The van der Waals surface area contributed by atoms with Gasteiger partial charge in [0.25, 0.3) is 0 Å². The number of nitrogens with zero attached hydrogens (tertiary/aromatic N) is 2. The lowest BCUT2D eigenvalue weighted by Gasteiger charge is -2.25. The Hall–Kier alpha value is -1.39. The molecule has 0 bridgehead atoms. The van der Waals surface area contributed by atoms with Crippen LogP contribution in [0.4, 0.5) is 16.2 Å². The van der Waals surface area contributed by atoms with Crippen LogP contribution in [-0.4, -0.2) is 23.6 Å². The molecule has 4 nitrogen and oxygen atoms in total. The molecule has 0 radical (unpaired) electrons. The minimum Gasteiger partial charge on any atom is -0.367 e. The first-order chi connectivity index (χ1) is 8.98. The molecule has 1 aromatic rings. The summed E-state index contributed by atoms with van der Waals surface area (Å²) in [6, 6.07) is 0. The fourth-order valence-corrected chi connectivity index (χ4v) is 1.88. The molecule has 19 heavy (non-hydrogen) atoms. The van der Waals surface area contributed by atoms with Crippen LogP contribution in [0.5, 0.6) is 0 Å². The summed E-state index contributed by atoms with van der Waals surface area (Å²) in [5.74, 6) is 0.277. The number of hydrogen-bond acceptors (Lipinski definition) is 4. The quantitative estimate of drug-likeness (QED) is 0.706. The van der Waals surface area contributed by atoms with Crippen LogP contribution in [0.3, 0.4) is 0 Å². The molecule has 5 heteroatoms. The predicted molar refractivity (Wildman–Crippen MR) is 77.9 cm³/mol. The van der Waals surface area contributed by atoms with Crippen molar-refractivity contribution in [3.63, 3.8) is 0 Å². The molecular weight excluding hydrogens is 243 g/mol. The lowest BCUT2D eigenvalue weighted by molar-refractivity contribution is 0.341. The highest BCUT2D eigenvalue weighted by molar-refractivity contribution is 5.40. The number of rotatable bonds is 8. The lowest BCUT2D eigenvalue weighted by atomic mass is 9.87. The Labute approximate surface area is 115 Å². The number of anilines is 2. The van der Waals surface area contributed by atoms with Gasteiger partial charge >= 0.3 is 0 Å². The first-order valence-electron chi connectivity index (χ1n) is 6.92. The van der Waals surface area contributed by atoms with Gasteiger partial charge in [0.2, 0.25) is 5.95 Å².